The molecule has 1 aromatic heterocycles. The summed E-state index contributed by atoms with van der Waals surface area (Å²) in [7, 11) is 1.63. The van der Waals surface area contributed by atoms with Gasteiger partial charge in [-0.25, -0.2) is 0 Å². The van der Waals surface area contributed by atoms with Crippen molar-refractivity contribution in [1.29, 1.82) is 0 Å². The Morgan fingerprint density at radius 2 is 2.25 bits per heavy atom. The van der Waals surface area contributed by atoms with Crippen molar-refractivity contribution in [3.63, 3.8) is 0 Å². The molecule has 1 aromatic carbocycles. The van der Waals surface area contributed by atoms with Crippen LogP contribution in [0.4, 0.5) is 0 Å². The molecular weight excluding hydrogens is 276 g/mol. The fourth-order valence-electron chi connectivity index (χ4n) is 2.21. The molecule has 108 valence electrons. The molecule has 0 aliphatic heterocycles. The largest absolute Gasteiger partial charge is 0.497 e. The van der Waals surface area contributed by atoms with Gasteiger partial charge in [0.2, 0.25) is 0 Å². The second-order valence-corrected chi connectivity index (χ2v) is 5.08. The van der Waals surface area contributed by atoms with Gasteiger partial charge in [0, 0.05) is 13.0 Å². The number of ether oxygens (including phenoxy) is 1. The lowest BCUT2D eigenvalue weighted by Crippen LogP contribution is -2.11. The molecule has 2 rings (SSSR count). The van der Waals surface area contributed by atoms with Crippen molar-refractivity contribution in [2.45, 2.75) is 32.4 Å². The number of rotatable bonds is 6. The van der Waals surface area contributed by atoms with Gasteiger partial charge in [-0.2, -0.15) is 5.10 Å². The van der Waals surface area contributed by atoms with Gasteiger partial charge in [0.25, 0.3) is 0 Å². The average molecular weight is 295 g/mol. The molecule has 1 unspecified atom stereocenters. The van der Waals surface area contributed by atoms with Crippen molar-refractivity contribution in [2.24, 2.45) is 0 Å². The van der Waals surface area contributed by atoms with Crippen LogP contribution in [-0.4, -0.2) is 22.0 Å². The first-order valence-corrected chi connectivity index (χ1v) is 7.05. The number of aliphatic hydroxyl groups is 1. The highest BCUT2D eigenvalue weighted by atomic mass is 35.5. The fraction of sp³-hybridized carbons (Fsp3) is 0.400. The SMILES string of the molecule is CCCn1ncc(Cl)c1C(O)Cc1cccc(OC)c1. The zero-order chi connectivity index (χ0) is 14.5. The highest BCUT2D eigenvalue weighted by molar-refractivity contribution is 6.31. The van der Waals surface area contributed by atoms with E-state index in [-0.39, 0.29) is 0 Å². The maximum absolute atomic E-state index is 10.4. The molecule has 0 saturated heterocycles. The molecule has 0 aliphatic carbocycles. The minimum absolute atomic E-state index is 0.478. The minimum Gasteiger partial charge on any atom is -0.497 e. The molecule has 2 aromatic rings. The van der Waals surface area contributed by atoms with Gasteiger partial charge in [-0.1, -0.05) is 30.7 Å². The summed E-state index contributed by atoms with van der Waals surface area (Å²) in [5.74, 6) is 0.780. The maximum Gasteiger partial charge on any atom is 0.119 e. The van der Waals surface area contributed by atoms with Crippen LogP contribution in [0.2, 0.25) is 5.02 Å². The van der Waals surface area contributed by atoms with Crippen LogP contribution in [0.25, 0.3) is 0 Å². The van der Waals surface area contributed by atoms with Crippen LogP contribution < -0.4 is 4.74 Å². The maximum atomic E-state index is 10.4. The highest BCUT2D eigenvalue weighted by Gasteiger charge is 2.18. The van der Waals surface area contributed by atoms with Crippen LogP contribution in [-0.2, 0) is 13.0 Å². The average Bonchev–Trinajstić information content (AvgIpc) is 2.80. The van der Waals surface area contributed by atoms with Gasteiger partial charge in [-0.05, 0) is 24.1 Å². The van der Waals surface area contributed by atoms with Crippen molar-refractivity contribution in [3.05, 3.63) is 46.7 Å². The van der Waals surface area contributed by atoms with E-state index in [9.17, 15) is 5.11 Å². The van der Waals surface area contributed by atoms with Gasteiger partial charge in [-0.3, -0.25) is 4.68 Å². The standard InChI is InChI=1S/C15H19ClN2O2/c1-3-7-18-15(13(16)10-17-18)14(19)9-11-5-4-6-12(8-11)20-2/h4-6,8,10,14,19H,3,7,9H2,1-2H3. The molecule has 0 amide bonds. The van der Waals surface area contributed by atoms with Crippen LogP contribution >= 0.6 is 11.6 Å². The van der Waals surface area contributed by atoms with E-state index in [0.29, 0.717) is 17.1 Å². The number of halogens is 1. The predicted molar refractivity (Wildman–Crippen MR) is 79.2 cm³/mol. The predicted octanol–water partition coefficient (Wildman–Crippen LogP) is 3.23. The van der Waals surface area contributed by atoms with E-state index in [4.69, 9.17) is 16.3 Å². The van der Waals surface area contributed by atoms with Gasteiger partial charge in [0.15, 0.2) is 0 Å². The third-order valence-corrected chi connectivity index (χ3v) is 3.44. The van der Waals surface area contributed by atoms with Crippen molar-refractivity contribution in [2.75, 3.05) is 7.11 Å². The van der Waals surface area contributed by atoms with Gasteiger partial charge < -0.3 is 9.84 Å². The van der Waals surface area contributed by atoms with Gasteiger partial charge in [0.05, 0.1) is 24.0 Å². The number of nitrogens with zero attached hydrogens (tertiary/aromatic N) is 2. The normalized spacial score (nSPS) is 12.4. The summed E-state index contributed by atoms with van der Waals surface area (Å²) in [6, 6.07) is 7.66. The van der Waals surface area contributed by atoms with Crippen LogP contribution in [0, 0.1) is 0 Å². The summed E-state index contributed by atoms with van der Waals surface area (Å²) in [6.45, 7) is 2.81. The van der Waals surface area contributed by atoms with Gasteiger partial charge in [0.1, 0.15) is 11.9 Å². The highest BCUT2D eigenvalue weighted by Crippen LogP contribution is 2.26. The van der Waals surface area contributed by atoms with E-state index >= 15 is 0 Å². The lowest BCUT2D eigenvalue weighted by molar-refractivity contribution is 0.166. The molecule has 0 bridgehead atoms. The lowest BCUT2D eigenvalue weighted by atomic mass is 10.1. The van der Waals surface area contributed by atoms with Crippen LogP contribution in [0.1, 0.15) is 30.7 Å². The first kappa shape index (κ1) is 14.9. The monoisotopic (exact) mass is 294 g/mol. The number of aliphatic hydroxyl groups excluding tert-OH is 1. The molecule has 0 saturated carbocycles. The Balaban J connectivity index is 2.18. The van der Waals surface area contributed by atoms with E-state index in [1.165, 1.54) is 0 Å². The zero-order valence-corrected chi connectivity index (χ0v) is 12.5. The molecule has 4 nitrogen and oxygen atoms in total. The molecule has 1 atom stereocenters. The summed E-state index contributed by atoms with van der Waals surface area (Å²) in [5, 5.41) is 15.1. The third-order valence-electron chi connectivity index (χ3n) is 3.15. The molecule has 1 heterocycles. The molecule has 0 spiro atoms. The smallest absolute Gasteiger partial charge is 0.119 e. The Morgan fingerprint density at radius 1 is 1.45 bits per heavy atom. The van der Waals surface area contributed by atoms with Gasteiger partial charge >= 0.3 is 0 Å². The van der Waals surface area contributed by atoms with Gasteiger partial charge in [-0.15, -0.1) is 0 Å². The van der Waals surface area contributed by atoms with E-state index < -0.39 is 6.10 Å². The number of aryl methyl sites for hydroxylation is 1. The van der Waals surface area contributed by atoms with Crippen molar-refractivity contribution >= 4 is 11.6 Å². The zero-order valence-electron chi connectivity index (χ0n) is 11.7. The lowest BCUT2D eigenvalue weighted by Gasteiger charge is -2.14. The quantitative estimate of drug-likeness (QED) is 0.890. The Kier molecular flexibility index (Phi) is 5.04. The van der Waals surface area contributed by atoms with E-state index in [1.807, 2.05) is 24.3 Å². The molecule has 20 heavy (non-hydrogen) atoms. The second kappa shape index (κ2) is 6.77. The van der Waals surface area contributed by atoms with Crippen LogP contribution in [0.15, 0.2) is 30.5 Å². The topological polar surface area (TPSA) is 47.3 Å². The van der Waals surface area contributed by atoms with Crippen molar-refractivity contribution in [1.82, 2.24) is 9.78 Å². The second-order valence-electron chi connectivity index (χ2n) is 4.67. The molecule has 0 radical (unpaired) electrons. The number of hydrogen-bond donors (Lipinski definition) is 1. The molecule has 0 fully saturated rings. The Bertz CT molecular complexity index is 569. The minimum atomic E-state index is -0.677. The molecule has 0 aliphatic rings. The van der Waals surface area contributed by atoms with E-state index in [2.05, 4.69) is 12.0 Å². The number of benzene rings is 1. The van der Waals surface area contributed by atoms with Crippen molar-refractivity contribution < 1.29 is 9.84 Å². The summed E-state index contributed by atoms with van der Waals surface area (Å²) in [4.78, 5) is 0. The Labute approximate surface area is 123 Å². The van der Waals surface area contributed by atoms with E-state index in [1.54, 1.807) is 18.0 Å². The number of hydrogen-bond acceptors (Lipinski definition) is 3. The molecular formula is C15H19ClN2O2. The molecule has 1 N–H and O–H groups in total. The Hall–Kier alpha value is -1.52. The Morgan fingerprint density at radius 3 is 2.95 bits per heavy atom. The van der Waals surface area contributed by atoms with Crippen LogP contribution in [0.3, 0.4) is 0 Å². The number of aromatic nitrogens is 2. The number of methoxy groups -OCH3 is 1. The first-order valence-electron chi connectivity index (χ1n) is 6.68. The van der Waals surface area contributed by atoms with Crippen molar-refractivity contribution in [3.8, 4) is 5.75 Å². The summed E-state index contributed by atoms with van der Waals surface area (Å²) in [6.07, 6.45) is 2.33. The third kappa shape index (κ3) is 3.32. The molecule has 5 heteroatoms. The first-order chi connectivity index (χ1) is 9.65. The summed E-state index contributed by atoms with van der Waals surface area (Å²) < 4.78 is 6.96. The fourth-order valence-corrected chi connectivity index (χ4v) is 2.48. The summed E-state index contributed by atoms with van der Waals surface area (Å²) in [5.41, 5.74) is 1.67. The van der Waals surface area contributed by atoms with Crippen LogP contribution in [0.5, 0.6) is 5.75 Å². The summed E-state index contributed by atoms with van der Waals surface area (Å²) >= 11 is 6.13. The van der Waals surface area contributed by atoms with E-state index in [0.717, 1.165) is 24.3 Å².